The summed E-state index contributed by atoms with van der Waals surface area (Å²) in [6, 6.07) is 1.50. The average molecular weight is 268 g/mol. The zero-order valence-electron chi connectivity index (χ0n) is 10.3. The number of hydrogen-bond donors (Lipinski definition) is 3. The Balaban J connectivity index is 2.38. The first kappa shape index (κ1) is 14.1. The Labute approximate surface area is 111 Å². The quantitative estimate of drug-likeness (QED) is 0.505. The van der Waals surface area contributed by atoms with Crippen LogP contribution < -0.4 is 16.4 Å². The van der Waals surface area contributed by atoms with E-state index in [1.807, 2.05) is 0 Å². The maximum absolute atomic E-state index is 11.2. The lowest BCUT2D eigenvalue weighted by Crippen LogP contribution is -2.37. The van der Waals surface area contributed by atoms with Crippen molar-refractivity contribution < 1.29 is 4.79 Å². The van der Waals surface area contributed by atoms with Gasteiger partial charge in [-0.05, 0) is 6.07 Å². The normalized spacial score (nSPS) is 9.67. The molecule has 0 radical (unpaired) electrons. The molecule has 0 aliphatic heterocycles. The monoisotopic (exact) mass is 268 g/mol. The number of urea groups is 1. The van der Waals surface area contributed by atoms with Gasteiger partial charge in [-0.15, -0.1) is 0 Å². The van der Waals surface area contributed by atoms with E-state index < -0.39 is 0 Å². The van der Waals surface area contributed by atoms with Gasteiger partial charge in [0.15, 0.2) is 0 Å². The molecule has 1 aromatic rings. The molecule has 0 aliphatic carbocycles. The van der Waals surface area contributed by atoms with Crippen LogP contribution in [0.1, 0.15) is 5.69 Å². The van der Waals surface area contributed by atoms with Gasteiger partial charge < -0.3 is 21.3 Å². The van der Waals surface area contributed by atoms with Crippen molar-refractivity contribution in [2.75, 3.05) is 32.5 Å². The summed E-state index contributed by atoms with van der Waals surface area (Å²) in [4.78, 5) is 21.0. The Morgan fingerprint density at radius 3 is 2.83 bits per heavy atom. The molecule has 7 nitrogen and oxygen atoms in total. The summed E-state index contributed by atoms with van der Waals surface area (Å²) in [6.45, 7) is 0.984. The van der Waals surface area contributed by atoms with Crippen molar-refractivity contribution >= 4 is 29.2 Å². The summed E-state index contributed by atoms with van der Waals surface area (Å²) in [7, 11) is 3.36. The van der Waals surface area contributed by atoms with Crippen LogP contribution >= 0.6 is 12.2 Å². The zero-order valence-corrected chi connectivity index (χ0v) is 11.1. The van der Waals surface area contributed by atoms with Crippen molar-refractivity contribution in [3.63, 3.8) is 0 Å². The molecule has 0 aromatic carbocycles. The number of carbonyl (C=O) groups excluding carboxylic acids is 1. The predicted molar refractivity (Wildman–Crippen MR) is 73.5 cm³/mol. The highest BCUT2D eigenvalue weighted by atomic mass is 32.1. The van der Waals surface area contributed by atoms with Crippen LogP contribution in [0.2, 0.25) is 0 Å². The number of thiocarbonyl (C=S) groups is 1. The number of hydrogen-bond acceptors (Lipinski definition) is 5. The number of rotatable bonds is 5. The molecule has 0 atom stereocenters. The van der Waals surface area contributed by atoms with Gasteiger partial charge in [-0.2, -0.15) is 0 Å². The van der Waals surface area contributed by atoms with Crippen LogP contribution in [-0.4, -0.2) is 53.1 Å². The summed E-state index contributed by atoms with van der Waals surface area (Å²) in [5, 5.41) is 5.67. The molecule has 18 heavy (non-hydrogen) atoms. The van der Waals surface area contributed by atoms with Gasteiger partial charge in [0.25, 0.3) is 0 Å². The Morgan fingerprint density at radius 2 is 2.22 bits per heavy atom. The molecule has 0 unspecified atom stereocenters. The first-order chi connectivity index (χ1) is 8.50. The summed E-state index contributed by atoms with van der Waals surface area (Å²) in [6.07, 6.45) is 1.57. The predicted octanol–water partition coefficient (Wildman–Crippen LogP) is -0.206. The Morgan fingerprint density at radius 1 is 1.50 bits per heavy atom. The zero-order chi connectivity index (χ0) is 13.5. The van der Waals surface area contributed by atoms with Crippen LogP contribution in [-0.2, 0) is 0 Å². The van der Waals surface area contributed by atoms with Crippen molar-refractivity contribution in [1.82, 2.24) is 20.2 Å². The molecule has 4 N–H and O–H groups in total. The molecule has 0 aliphatic rings. The van der Waals surface area contributed by atoms with E-state index in [-0.39, 0.29) is 11.0 Å². The Kier molecular flexibility index (Phi) is 5.25. The van der Waals surface area contributed by atoms with E-state index in [1.54, 1.807) is 26.4 Å². The van der Waals surface area contributed by atoms with Crippen molar-refractivity contribution in [3.05, 3.63) is 18.0 Å². The topological polar surface area (TPSA) is 96.2 Å². The fourth-order valence-corrected chi connectivity index (χ4v) is 1.20. The van der Waals surface area contributed by atoms with E-state index in [9.17, 15) is 4.79 Å². The fraction of sp³-hybridized carbons (Fsp3) is 0.400. The molecule has 0 saturated carbocycles. The summed E-state index contributed by atoms with van der Waals surface area (Å²) in [5.41, 5.74) is 5.98. The molecule has 0 fully saturated rings. The lowest BCUT2D eigenvalue weighted by atomic mass is 10.4. The number of nitrogens with zero attached hydrogens (tertiary/aromatic N) is 3. The molecule has 0 saturated heterocycles. The number of carbonyl (C=O) groups is 1. The van der Waals surface area contributed by atoms with Gasteiger partial charge >= 0.3 is 6.03 Å². The molecule has 1 aromatic heterocycles. The second kappa shape index (κ2) is 6.70. The Bertz CT molecular complexity index is 436. The molecule has 0 bridgehead atoms. The number of anilines is 1. The number of nitrogens with one attached hydrogen (secondary N) is 2. The second-order valence-corrected chi connectivity index (χ2v) is 4.12. The van der Waals surface area contributed by atoms with Crippen molar-refractivity contribution in [3.8, 4) is 0 Å². The highest BCUT2D eigenvalue weighted by Crippen LogP contribution is 1.99. The van der Waals surface area contributed by atoms with Crippen LogP contribution in [0, 0.1) is 0 Å². The van der Waals surface area contributed by atoms with Gasteiger partial charge in [0.2, 0.25) is 5.95 Å². The van der Waals surface area contributed by atoms with Crippen LogP contribution in [0.5, 0.6) is 0 Å². The van der Waals surface area contributed by atoms with E-state index in [1.165, 1.54) is 4.90 Å². The first-order valence-corrected chi connectivity index (χ1v) is 5.73. The molecule has 1 rings (SSSR count). The highest BCUT2D eigenvalue weighted by molar-refractivity contribution is 7.80. The van der Waals surface area contributed by atoms with Gasteiger partial charge in [0.05, 0.1) is 0 Å². The molecule has 98 valence electrons. The molecular formula is C10H16N6OS. The van der Waals surface area contributed by atoms with Crippen LogP contribution in [0.25, 0.3) is 0 Å². The molecule has 8 heteroatoms. The second-order valence-electron chi connectivity index (χ2n) is 3.68. The van der Waals surface area contributed by atoms with E-state index in [0.29, 0.717) is 24.7 Å². The smallest absolute Gasteiger partial charge is 0.316 e. The summed E-state index contributed by atoms with van der Waals surface area (Å²) < 4.78 is 0. The summed E-state index contributed by atoms with van der Waals surface area (Å²) in [5.74, 6) is 0.430. The van der Waals surface area contributed by atoms with Crippen molar-refractivity contribution in [1.29, 1.82) is 0 Å². The number of amides is 2. The van der Waals surface area contributed by atoms with Gasteiger partial charge in [-0.3, -0.25) is 0 Å². The minimum absolute atomic E-state index is 0.144. The maximum Gasteiger partial charge on any atom is 0.316 e. The van der Waals surface area contributed by atoms with E-state index in [4.69, 9.17) is 18.0 Å². The third-order valence-electron chi connectivity index (χ3n) is 2.00. The lowest BCUT2D eigenvalue weighted by Gasteiger charge is -2.12. The lowest BCUT2D eigenvalue weighted by molar-refractivity contribution is 0.218. The van der Waals surface area contributed by atoms with Crippen LogP contribution in [0.3, 0.4) is 0 Å². The molecule has 2 amide bonds. The van der Waals surface area contributed by atoms with Crippen LogP contribution in [0.15, 0.2) is 12.3 Å². The molecule has 0 spiro atoms. The highest BCUT2D eigenvalue weighted by Gasteiger charge is 2.03. The molecular weight excluding hydrogens is 252 g/mol. The first-order valence-electron chi connectivity index (χ1n) is 5.32. The molecule has 1 heterocycles. The third-order valence-corrected chi connectivity index (χ3v) is 2.21. The minimum Gasteiger partial charge on any atom is -0.388 e. The van der Waals surface area contributed by atoms with E-state index in [0.717, 1.165) is 0 Å². The number of aromatic nitrogens is 2. The minimum atomic E-state index is -0.144. The fourth-order valence-electron chi connectivity index (χ4n) is 1.08. The third kappa shape index (κ3) is 4.50. The average Bonchev–Trinajstić information content (AvgIpc) is 2.34. The number of nitrogens with two attached hydrogens (primary N) is 1. The van der Waals surface area contributed by atoms with Crippen molar-refractivity contribution in [2.24, 2.45) is 5.73 Å². The van der Waals surface area contributed by atoms with Gasteiger partial charge in [-0.25, -0.2) is 14.8 Å². The SMILES string of the molecule is CN(C)C(=O)NCCNc1nccc(C(N)=S)n1. The van der Waals surface area contributed by atoms with Gasteiger partial charge in [0.1, 0.15) is 10.7 Å². The van der Waals surface area contributed by atoms with Crippen LogP contribution in [0.4, 0.5) is 10.7 Å². The summed E-state index contributed by atoms with van der Waals surface area (Å²) >= 11 is 4.82. The van der Waals surface area contributed by atoms with E-state index >= 15 is 0 Å². The van der Waals surface area contributed by atoms with Gasteiger partial charge in [-0.1, -0.05) is 12.2 Å². The van der Waals surface area contributed by atoms with Crippen molar-refractivity contribution in [2.45, 2.75) is 0 Å². The maximum atomic E-state index is 11.2. The largest absolute Gasteiger partial charge is 0.388 e. The Hall–Kier alpha value is -1.96. The van der Waals surface area contributed by atoms with Gasteiger partial charge in [0, 0.05) is 33.4 Å². The standard InChI is InChI=1S/C10H16N6OS/c1-16(2)10(17)14-6-5-13-9-12-4-3-7(15-9)8(11)18/h3-4H,5-6H2,1-2H3,(H2,11,18)(H,14,17)(H,12,13,15). The van der Waals surface area contributed by atoms with E-state index in [2.05, 4.69) is 20.6 Å².